The van der Waals surface area contributed by atoms with Gasteiger partial charge in [-0.3, -0.25) is 15.5 Å². The number of hydrogen-bond donors (Lipinski definition) is 1. The summed E-state index contributed by atoms with van der Waals surface area (Å²) in [7, 11) is 0. The molecule has 8 nitrogen and oxygen atoms in total. The lowest BCUT2D eigenvalue weighted by molar-refractivity contribution is -0.385. The van der Waals surface area contributed by atoms with Gasteiger partial charge < -0.3 is 9.47 Å². The van der Waals surface area contributed by atoms with E-state index in [0.29, 0.717) is 30.5 Å². The molecule has 0 unspecified atom stereocenters. The highest BCUT2D eigenvalue weighted by Gasteiger charge is 2.10. The minimum absolute atomic E-state index is 0.0682. The van der Waals surface area contributed by atoms with Gasteiger partial charge >= 0.3 is 0 Å². The fraction of sp³-hybridized carbons (Fsp3) is 0.143. The normalized spacial score (nSPS) is 13.1. The van der Waals surface area contributed by atoms with E-state index in [1.807, 2.05) is 18.2 Å². The molecule has 0 radical (unpaired) electrons. The van der Waals surface area contributed by atoms with Gasteiger partial charge in [-0.15, -0.1) is 0 Å². The quantitative estimate of drug-likeness (QED) is 0.528. The Balaban J connectivity index is 1.65. The second kappa shape index (κ2) is 6.08. The molecule has 1 aromatic heterocycles. The van der Waals surface area contributed by atoms with Gasteiger partial charge in [0.1, 0.15) is 25.2 Å². The van der Waals surface area contributed by atoms with Gasteiger partial charge in [0.2, 0.25) is 0 Å². The van der Waals surface area contributed by atoms with Gasteiger partial charge in [0.15, 0.2) is 11.5 Å². The zero-order valence-corrected chi connectivity index (χ0v) is 11.4. The van der Waals surface area contributed by atoms with E-state index in [4.69, 9.17) is 9.47 Å². The van der Waals surface area contributed by atoms with Gasteiger partial charge in [-0.25, -0.2) is 4.98 Å². The number of hydrazone groups is 1. The molecule has 1 aliphatic rings. The first kappa shape index (κ1) is 13.8. The van der Waals surface area contributed by atoms with Crippen LogP contribution in [0.25, 0.3) is 0 Å². The van der Waals surface area contributed by atoms with E-state index in [1.165, 1.54) is 18.3 Å². The molecule has 22 heavy (non-hydrogen) atoms. The molecule has 3 rings (SSSR count). The number of nitrogens with one attached hydrogen (secondary N) is 1. The summed E-state index contributed by atoms with van der Waals surface area (Å²) >= 11 is 0. The molecule has 1 aliphatic heterocycles. The number of benzene rings is 1. The van der Waals surface area contributed by atoms with Gasteiger partial charge in [-0.2, -0.15) is 5.10 Å². The van der Waals surface area contributed by atoms with Gasteiger partial charge in [0.25, 0.3) is 5.69 Å². The Morgan fingerprint density at radius 3 is 2.77 bits per heavy atom. The molecule has 0 amide bonds. The van der Waals surface area contributed by atoms with Gasteiger partial charge in [-0.1, -0.05) is 0 Å². The van der Waals surface area contributed by atoms with Gasteiger partial charge in [-0.05, 0) is 29.8 Å². The summed E-state index contributed by atoms with van der Waals surface area (Å²) in [5.41, 5.74) is 3.47. The Morgan fingerprint density at radius 1 is 1.23 bits per heavy atom. The average molecular weight is 300 g/mol. The number of fused-ring (bicyclic) bond motifs is 1. The van der Waals surface area contributed by atoms with Crippen molar-refractivity contribution in [1.29, 1.82) is 0 Å². The maximum Gasteiger partial charge on any atom is 0.287 e. The number of ether oxygens (including phenoxy) is 2. The molecule has 1 N–H and O–H groups in total. The number of nitrogens with zero attached hydrogens (tertiary/aromatic N) is 3. The summed E-state index contributed by atoms with van der Waals surface area (Å²) in [6.07, 6.45) is 2.77. The van der Waals surface area contributed by atoms with Crippen LogP contribution in [0.3, 0.4) is 0 Å². The van der Waals surface area contributed by atoms with Crippen LogP contribution in [0.5, 0.6) is 11.5 Å². The Morgan fingerprint density at radius 2 is 2.05 bits per heavy atom. The zero-order valence-electron chi connectivity index (χ0n) is 11.4. The summed E-state index contributed by atoms with van der Waals surface area (Å²) in [5, 5.41) is 14.6. The monoisotopic (exact) mass is 300 g/mol. The molecule has 112 valence electrons. The minimum Gasteiger partial charge on any atom is -0.486 e. The maximum atomic E-state index is 10.5. The van der Waals surface area contributed by atoms with E-state index in [9.17, 15) is 10.1 Å². The van der Waals surface area contributed by atoms with Crippen molar-refractivity contribution in [3.63, 3.8) is 0 Å². The first-order valence-electron chi connectivity index (χ1n) is 6.51. The Labute approximate surface area is 125 Å². The van der Waals surface area contributed by atoms with Crippen LogP contribution in [0.1, 0.15) is 5.56 Å². The van der Waals surface area contributed by atoms with Crippen LogP contribution in [-0.4, -0.2) is 29.3 Å². The van der Waals surface area contributed by atoms with E-state index < -0.39 is 4.92 Å². The molecule has 2 aromatic rings. The van der Waals surface area contributed by atoms with E-state index in [2.05, 4.69) is 15.5 Å². The number of pyridine rings is 1. The highest BCUT2D eigenvalue weighted by Crippen LogP contribution is 2.30. The Bertz CT molecular complexity index is 715. The molecule has 0 spiro atoms. The molecular formula is C14H12N4O4. The van der Waals surface area contributed by atoms with E-state index in [1.54, 1.807) is 6.21 Å². The number of hydrogen-bond acceptors (Lipinski definition) is 7. The number of rotatable bonds is 4. The highest BCUT2D eigenvalue weighted by atomic mass is 16.6. The van der Waals surface area contributed by atoms with Crippen LogP contribution in [0, 0.1) is 10.1 Å². The van der Waals surface area contributed by atoms with Gasteiger partial charge in [0, 0.05) is 6.07 Å². The van der Waals surface area contributed by atoms with Crippen LogP contribution in [0.4, 0.5) is 11.5 Å². The van der Waals surface area contributed by atoms with Crippen molar-refractivity contribution in [3.05, 3.63) is 52.2 Å². The Kier molecular flexibility index (Phi) is 3.82. The Hall–Kier alpha value is -3.16. The van der Waals surface area contributed by atoms with E-state index >= 15 is 0 Å². The van der Waals surface area contributed by atoms with E-state index in [0.717, 1.165) is 5.56 Å². The molecule has 0 atom stereocenters. The smallest absolute Gasteiger partial charge is 0.287 e. The summed E-state index contributed by atoms with van der Waals surface area (Å²) in [5.74, 6) is 1.82. The lowest BCUT2D eigenvalue weighted by Crippen LogP contribution is -2.15. The van der Waals surface area contributed by atoms with Crippen molar-refractivity contribution in [3.8, 4) is 11.5 Å². The van der Waals surface area contributed by atoms with Crippen molar-refractivity contribution in [2.75, 3.05) is 18.6 Å². The standard InChI is InChI=1S/C14H12N4O4/c19-18(20)11-2-4-14(15-9-11)17-16-8-10-1-3-12-13(7-10)22-6-5-21-12/h1-4,7-9H,5-6H2,(H,15,17)/b16-8-. The van der Waals surface area contributed by atoms with Crippen LogP contribution < -0.4 is 14.9 Å². The first-order chi connectivity index (χ1) is 10.7. The van der Waals surface area contributed by atoms with Crippen molar-refractivity contribution < 1.29 is 14.4 Å². The molecule has 0 aliphatic carbocycles. The highest BCUT2D eigenvalue weighted by molar-refractivity contribution is 5.81. The zero-order chi connectivity index (χ0) is 15.4. The third-order valence-electron chi connectivity index (χ3n) is 2.92. The third kappa shape index (κ3) is 3.11. The lowest BCUT2D eigenvalue weighted by atomic mass is 10.2. The molecule has 2 heterocycles. The molecule has 0 bridgehead atoms. The molecular weight excluding hydrogens is 288 g/mol. The SMILES string of the molecule is O=[N+]([O-])c1ccc(N/N=C\c2ccc3c(c2)OCCO3)nc1. The molecule has 0 saturated heterocycles. The van der Waals surface area contributed by atoms with Crippen molar-refractivity contribution in [2.24, 2.45) is 5.10 Å². The number of nitro groups is 1. The molecule has 8 heteroatoms. The third-order valence-corrected chi connectivity index (χ3v) is 2.92. The summed E-state index contributed by atoms with van der Waals surface area (Å²) in [4.78, 5) is 13.9. The van der Waals surface area contributed by atoms with Crippen molar-refractivity contribution in [2.45, 2.75) is 0 Å². The second-order valence-electron chi connectivity index (χ2n) is 4.43. The fourth-order valence-electron chi connectivity index (χ4n) is 1.87. The van der Waals surface area contributed by atoms with Crippen LogP contribution in [0.15, 0.2) is 41.6 Å². The second-order valence-corrected chi connectivity index (χ2v) is 4.43. The molecule has 1 aromatic carbocycles. The average Bonchev–Trinajstić information content (AvgIpc) is 2.55. The topological polar surface area (TPSA) is 98.9 Å². The minimum atomic E-state index is -0.505. The van der Waals surface area contributed by atoms with E-state index in [-0.39, 0.29) is 5.69 Å². The van der Waals surface area contributed by atoms with Gasteiger partial charge in [0.05, 0.1) is 11.1 Å². The number of aromatic nitrogens is 1. The van der Waals surface area contributed by atoms with Crippen LogP contribution in [-0.2, 0) is 0 Å². The largest absolute Gasteiger partial charge is 0.486 e. The molecule has 0 fully saturated rings. The predicted octanol–water partition coefficient (Wildman–Crippen LogP) is 2.21. The summed E-state index contributed by atoms with van der Waals surface area (Å²) < 4.78 is 10.9. The fourth-order valence-corrected chi connectivity index (χ4v) is 1.87. The lowest BCUT2D eigenvalue weighted by Gasteiger charge is -2.18. The summed E-state index contributed by atoms with van der Waals surface area (Å²) in [6, 6.07) is 8.33. The predicted molar refractivity (Wildman–Crippen MR) is 79.5 cm³/mol. The maximum absolute atomic E-state index is 10.5. The van der Waals surface area contributed by atoms with Crippen molar-refractivity contribution in [1.82, 2.24) is 4.98 Å². The summed E-state index contributed by atoms with van der Waals surface area (Å²) in [6.45, 7) is 1.08. The molecule has 0 saturated carbocycles. The van der Waals surface area contributed by atoms with Crippen LogP contribution in [0.2, 0.25) is 0 Å². The first-order valence-corrected chi connectivity index (χ1v) is 6.51. The van der Waals surface area contributed by atoms with Crippen LogP contribution >= 0.6 is 0 Å². The number of anilines is 1. The van der Waals surface area contributed by atoms with Crippen molar-refractivity contribution >= 4 is 17.7 Å².